The van der Waals surface area contributed by atoms with E-state index in [1.54, 1.807) is 0 Å². The number of rotatable bonds is 7. The molecule has 178 valence electrons. The Morgan fingerprint density at radius 3 is 2.34 bits per heavy atom. The largest absolute Gasteiger partial charge is 0.474 e. The van der Waals surface area contributed by atoms with Crippen molar-refractivity contribution in [3.8, 4) is 11.9 Å². The Morgan fingerprint density at radius 1 is 1.16 bits per heavy atom. The normalized spacial score (nSPS) is 25.0. The standard InChI is InChI=1S/C21H28F3N5O.C2H6/c1-2-20(9-10-25)12-29(13-20)15-5-7-16(8-6-15)30-18-11-17(26-14-3-4-14)27-19(28-18)21(22,23)24;1-2/h11,14-16H,2-9,12-13H2,1H3,(H,26,27,28);1-2H3. The van der Waals surface area contributed by atoms with E-state index >= 15 is 0 Å². The predicted molar refractivity (Wildman–Crippen MR) is 116 cm³/mol. The second kappa shape index (κ2) is 10.2. The molecule has 1 N–H and O–H groups in total. The number of nitriles is 1. The minimum atomic E-state index is -4.61. The number of anilines is 1. The van der Waals surface area contributed by atoms with E-state index in [0.29, 0.717) is 12.5 Å². The maximum Gasteiger partial charge on any atom is 0.451 e. The summed E-state index contributed by atoms with van der Waals surface area (Å²) in [6, 6.07) is 4.45. The van der Waals surface area contributed by atoms with Crippen molar-refractivity contribution in [3.63, 3.8) is 0 Å². The Morgan fingerprint density at radius 2 is 1.81 bits per heavy atom. The van der Waals surface area contributed by atoms with E-state index in [2.05, 4.69) is 33.2 Å². The monoisotopic (exact) mass is 453 g/mol. The van der Waals surface area contributed by atoms with Gasteiger partial charge in [0.05, 0.1) is 6.07 Å². The fourth-order valence-electron chi connectivity index (χ4n) is 4.52. The van der Waals surface area contributed by atoms with Gasteiger partial charge in [-0.05, 0) is 44.9 Å². The molecule has 4 rings (SSSR count). The van der Waals surface area contributed by atoms with E-state index in [0.717, 1.165) is 58.0 Å². The molecule has 0 unspecified atom stereocenters. The van der Waals surface area contributed by atoms with E-state index in [-0.39, 0.29) is 29.3 Å². The highest BCUT2D eigenvalue weighted by Crippen LogP contribution is 2.41. The summed E-state index contributed by atoms with van der Waals surface area (Å²) >= 11 is 0. The fraction of sp³-hybridized carbons (Fsp3) is 0.783. The minimum Gasteiger partial charge on any atom is -0.474 e. The second-order valence-electron chi connectivity index (χ2n) is 8.97. The molecule has 1 saturated heterocycles. The van der Waals surface area contributed by atoms with Gasteiger partial charge in [0.2, 0.25) is 11.7 Å². The SMILES string of the molecule is CC.CCC1(CC#N)CN(C2CCC(Oc3cc(NC4CC4)nc(C(F)(F)F)n3)CC2)C1. The predicted octanol–water partition coefficient (Wildman–Crippen LogP) is 5.41. The van der Waals surface area contributed by atoms with Gasteiger partial charge in [0, 0.05) is 43.1 Å². The zero-order chi connectivity index (χ0) is 23.4. The number of hydrogen-bond donors (Lipinski definition) is 1. The van der Waals surface area contributed by atoms with Gasteiger partial charge >= 0.3 is 6.18 Å². The number of aromatic nitrogens is 2. The Labute approximate surface area is 188 Å². The Balaban J connectivity index is 0.00000141. The number of ether oxygens (including phenoxy) is 1. The van der Waals surface area contributed by atoms with E-state index in [1.165, 1.54) is 6.07 Å². The Hall–Kier alpha value is -2.08. The van der Waals surface area contributed by atoms with Crippen molar-refractivity contribution in [2.75, 3.05) is 18.4 Å². The molecule has 9 heteroatoms. The number of hydrogen-bond acceptors (Lipinski definition) is 6. The lowest BCUT2D eigenvalue weighted by molar-refractivity contribution is -0.145. The van der Waals surface area contributed by atoms with Crippen molar-refractivity contribution in [1.29, 1.82) is 5.26 Å². The van der Waals surface area contributed by atoms with Gasteiger partial charge in [-0.25, -0.2) is 4.98 Å². The second-order valence-corrected chi connectivity index (χ2v) is 8.97. The quantitative estimate of drug-likeness (QED) is 0.595. The fourth-order valence-corrected chi connectivity index (χ4v) is 4.52. The molecular weight excluding hydrogens is 419 g/mol. The summed E-state index contributed by atoms with van der Waals surface area (Å²) in [5, 5.41) is 12.0. The average Bonchev–Trinajstić information content (AvgIpc) is 3.56. The van der Waals surface area contributed by atoms with Crippen LogP contribution in [0.5, 0.6) is 5.88 Å². The average molecular weight is 454 g/mol. The molecule has 1 aromatic heterocycles. The molecule has 2 heterocycles. The minimum absolute atomic E-state index is 0.00750. The van der Waals surface area contributed by atoms with Crippen LogP contribution in [0.3, 0.4) is 0 Å². The molecular formula is C23H34F3N5O. The number of likely N-dealkylation sites (tertiary alicyclic amines) is 1. The first-order valence-corrected chi connectivity index (χ1v) is 11.8. The van der Waals surface area contributed by atoms with E-state index in [4.69, 9.17) is 10.00 Å². The maximum absolute atomic E-state index is 13.2. The molecule has 2 saturated carbocycles. The summed E-state index contributed by atoms with van der Waals surface area (Å²) < 4.78 is 45.4. The summed E-state index contributed by atoms with van der Waals surface area (Å²) in [5.74, 6) is -0.991. The molecule has 32 heavy (non-hydrogen) atoms. The van der Waals surface area contributed by atoms with E-state index in [1.807, 2.05) is 13.8 Å². The number of nitrogens with zero attached hydrogens (tertiary/aromatic N) is 4. The van der Waals surface area contributed by atoms with Gasteiger partial charge in [-0.3, -0.25) is 4.90 Å². The smallest absolute Gasteiger partial charge is 0.451 e. The number of halogens is 3. The summed E-state index contributed by atoms with van der Waals surface area (Å²) in [5.41, 5.74) is 0.141. The van der Waals surface area contributed by atoms with Crippen LogP contribution in [0, 0.1) is 16.7 Å². The molecule has 3 fully saturated rings. The van der Waals surface area contributed by atoms with Crippen LogP contribution in [0.1, 0.15) is 78.0 Å². The van der Waals surface area contributed by atoms with Crippen molar-refractivity contribution < 1.29 is 17.9 Å². The van der Waals surface area contributed by atoms with Gasteiger partial charge in [-0.2, -0.15) is 23.4 Å². The third kappa shape index (κ3) is 6.03. The third-order valence-corrected chi connectivity index (χ3v) is 6.61. The summed E-state index contributed by atoms with van der Waals surface area (Å²) in [7, 11) is 0. The van der Waals surface area contributed by atoms with Crippen molar-refractivity contribution >= 4 is 5.82 Å². The van der Waals surface area contributed by atoms with Gasteiger partial charge in [0.15, 0.2) is 0 Å². The molecule has 0 bridgehead atoms. The molecule has 6 nitrogen and oxygen atoms in total. The number of nitrogens with one attached hydrogen (secondary N) is 1. The highest BCUT2D eigenvalue weighted by molar-refractivity contribution is 5.41. The van der Waals surface area contributed by atoms with Crippen molar-refractivity contribution in [1.82, 2.24) is 14.9 Å². The van der Waals surface area contributed by atoms with Crippen LogP contribution < -0.4 is 10.1 Å². The first kappa shape index (κ1) is 24.6. The van der Waals surface area contributed by atoms with E-state index in [9.17, 15) is 13.2 Å². The van der Waals surface area contributed by atoms with Gasteiger partial charge in [-0.15, -0.1) is 0 Å². The van der Waals surface area contributed by atoms with Crippen LogP contribution in [0.2, 0.25) is 0 Å². The van der Waals surface area contributed by atoms with Crippen LogP contribution in [0.25, 0.3) is 0 Å². The topological polar surface area (TPSA) is 74.1 Å². The summed E-state index contributed by atoms with van der Waals surface area (Å²) in [6.07, 6.45) is 2.22. The number of alkyl halides is 3. The van der Waals surface area contributed by atoms with Gasteiger partial charge < -0.3 is 10.1 Å². The first-order chi connectivity index (χ1) is 15.3. The molecule has 0 aromatic carbocycles. The van der Waals surface area contributed by atoms with Gasteiger partial charge in [-0.1, -0.05) is 20.8 Å². The lowest BCUT2D eigenvalue weighted by atomic mass is 9.73. The Kier molecular flexibility index (Phi) is 7.86. The highest BCUT2D eigenvalue weighted by Gasteiger charge is 2.44. The molecule has 0 spiro atoms. The summed E-state index contributed by atoms with van der Waals surface area (Å²) in [6.45, 7) is 8.07. The van der Waals surface area contributed by atoms with Crippen LogP contribution in [0.15, 0.2) is 6.07 Å². The maximum atomic E-state index is 13.2. The van der Waals surface area contributed by atoms with Crippen molar-refractivity contribution in [2.45, 2.75) is 96.5 Å². The highest BCUT2D eigenvalue weighted by atomic mass is 19.4. The molecule has 0 radical (unpaired) electrons. The zero-order valence-corrected chi connectivity index (χ0v) is 19.2. The first-order valence-electron chi connectivity index (χ1n) is 11.8. The van der Waals surface area contributed by atoms with Gasteiger partial charge in [0.25, 0.3) is 0 Å². The molecule has 0 amide bonds. The lowest BCUT2D eigenvalue weighted by Crippen LogP contribution is -2.60. The summed E-state index contributed by atoms with van der Waals surface area (Å²) in [4.78, 5) is 9.68. The lowest BCUT2D eigenvalue weighted by Gasteiger charge is -2.53. The van der Waals surface area contributed by atoms with Gasteiger partial charge in [0.1, 0.15) is 11.9 Å². The van der Waals surface area contributed by atoms with Crippen LogP contribution in [-0.4, -0.2) is 46.1 Å². The van der Waals surface area contributed by atoms with Crippen LogP contribution in [0.4, 0.5) is 19.0 Å². The van der Waals surface area contributed by atoms with Crippen molar-refractivity contribution in [2.24, 2.45) is 5.41 Å². The molecule has 1 aliphatic heterocycles. The van der Waals surface area contributed by atoms with Crippen LogP contribution in [-0.2, 0) is 6.18 Å². The molecule has 3 aliphatic rings. The van der Waals surface area contributed by atoms with Crippen molar-refractivity contribution in [3.05, 3.63) is 11.9 Å². The van der Waals surface area contributed by atoms with E-state index < -0.39 is 12.0 Å². The molecule has 0 atom stereocenters. The molecule has 2 aliphatic carbocycles. The Bertz CT molecular complexity index is 792. The molecule has 1 aromatic rings. The van der Waals surface area contributed by atoms with Crippen LogP contribution >= 0.6 is 0 Å². The third-order valence-electron chi connectivity index (χ3n) is 6.61. The zero-order valence-electron chi connectivity index (χ0n) is 19.2.